The van der Waals surface area contributed by atoms with E-state index in [-0.39, 0.29) is 0 Å². The second kappa shape index (κ2) is 7.98. The van der Waals surface area contributed by atoms with Crippen LogP contribution in [0.4, 0.5) is 11.5 Å². The van der Waals surface area contributed by atoms with Gasteiger partial charge in [-0.25, -0.2) is 4.98 Å². The number of halogens is 1. The molecule has 2 aromatic rings. The van der Waals surface area contributed by atoms with Crippen LogP contribution in [0.2, 0.25) is 5.02 Å². The molecule has 1 fully saturated rings. The van der Waals surface area contributed by atoms with Crippen molar-refractivity contribution in [1.82, 2.24) is 9.88 Å². The lowest BCUT2D eigenvalue weighted by molar-refractivity contribution is 0.329. The van der Waals surface area contributed by atoms with E-state index in [1.54, 1.807) is 11.8 Å². The van der Waals surface area contributed by atoms with Gasteiger partial charge in [-0.1, -0.05) is 29.8 Å². The minimum Gasteiger partial charge on any atom is -0.324 e. The molecule has 0 N–H and O–H groups in total. The quantitative estimate of drug-likeness (QED) is 0.613. The molecule has 0 spiro atoms. The van der Waals surface area contributed by atoms with Crippen molar-refractivity contribution in [2.75, 3.05) is 31.1 Å². The molecular formula is C20H24ClN3S. The number of unbranched alkanes of at least 4 members (excludes halogenated alkanes) is 2. The van der Waals surface area contributed by atoms with Crippen molar-refractivity contribution in [2.24, 2.45) is 0 Å². The molecule has 0 radical (unpaired) electrons. The van der Waals surface area contributed by atoms with Crippen molar-refractivity contribution in [2.45, 2.75) is 41.9 Å². The summed E-state index contributed by atoms with van der Waals surface area (Å²) in [6.45, 7) is 4.85. The highest BCUT2D eigenvalue weighted by molar-refractivity contribution is 7.99. The maximum Gasteiger partial charge on any atom is 0.147 e. The predicted octanol–water partition coefficient (Wildman–Crippen LogP) is 5.60. The van der Waals surface area contributed by atoms with E-state index in [9.17, 15) is 0 Å². The number of benzene rings is 1. The minimum atomic E-state index is 0.790. The van der Waals surface area contributed by atoms with Crippen molar-refractivity contribution >= 4 is 34.9 Å². The van der Waals surface area contributed by atoms with Gasteiger partial charge >= 0.3 is 0 Å². The van der Waals surface area contributed by atoms with Gasteiger partial charge in [0, 0.05) is 22.7 Å². The first-order valence-corrected chi connectivity index (χ1v) is 10.4. The average molecular weight is 374 g/mol. The Balaban J connectivity index is 1.42. The molecule has 132 valence electrons. The highest BCUT2D eigenvalue weighted by atomic mass is 35.5. The molecular weight excluding hydrogens is 350 g/mol. The van der Waals surface area contributed by atoms with Gasteiger partial charge in [-0.05, 0) is 75.6 Å². The summed E-state index contributed by atoms with van der Waals surface area (Å²) in [5, 5.41) is 0.790. The topological polar surface area (TPSA) is 19.4 Å². The summed E-state index contributed by atoms with van der Waals surface area (Å²) < 4.78 is 0. The number of aromatic nitrogens is 1. The van der Waals surface area contributed by atoms with Crippen molar-refractivity contribution in [3.8, 4) is 0 Å². The Morgan fingerprint density at radius 3 is 2.72 bits per heavy atom. The Morgan fingerprint density at radius 2 is 1.84 bits per heavy atom. The third-order valence-corrected chi connectivity index (χ3v) is 6.33. The summed E-state index contributed by atoms with van der Waals surface area (Å²) in [6, 6.07) is 10.3. The van der Waals surface area contributed by atoms with Crippen LogP contribution in [0.5, 0.6) is 0 Å². The fourth-order valence-corrected chi connectivity index (χ4v) is 4.91. The maximum atomic E-state index is 6.26. The molecule has 1 aromatic heterocycles. The van der Waals surface area contributed by atoms with Gasteiger partial charge < -0.3 is 9.80 Å². The van der Waals surface area contributed by atoms with Gasteiger partial charge in [-0.15, -0.1) is 0 Å². The molecule has 3 nitrogen and oxygen atoms in total. The molecule has 2 aliphatic heterocycles. The van der Waals surface area contributed by atoms with Crippen LogP contribution in [0.1, 0.15) is 32.1 Å². The van der Waals surface area contributed by atoms with E-state index in [4.69, 9.17) is 11.6 Å². The smallest absolute Gasteiger partial charge is 0.147 e. The highest BCUT2D eigenvalue weighted by Gasteiger charge is 2.24. The summed E-state index contributed by atoms with van der Waals surface area (Å²) in [5.41, 5.74) is 1.20. The third-order valence-electron chi connectivity index (χ3n) is 4.99. The number of rotatable bonds is 6. The fraction of sp³-hybridized carbons (Fsp3) is 0.450. The summed E-state index contributed by atoms with van der Waals surface area (Å²) in [6.07, 6.45) is 8.38. The molecule has 0 unspecified atom stereocenters. The molecule has 0 atom stereocenters. The molecule has 0 amide bonds. The van der Waals surface area contributed by atoms with Crippen LogP contribution >= 0.6 is 23.4 Å². The van der Waals surface area contributed by atoms with E-state index in [1.165, 1.54) is 67.2 Å². The Bertz CT molecular complexity index is 731. The molecule has 1 saturated heterocycles. The summed E-state index contributed by atoms with van der Waals surface area (Å²) in [4.78, 5) is 12.1. The van der Waals surface area contributed by atoms with E-state index >= 15 is 0 Å². The van der Waals surface area contributed by atoms with Crippen LogP contribution in [0, 0.1) is 0 Å². The number of nitrogens with zero attached hydrogens (tertiary/aromatic N) is 3. The first-order chi connectivity index (χ1) is 12.3. The highest BCUT2D eigenvalue weighted by Crippen LogP contribution is 2.47. The van der Waals surface area contributed by atoms with Gasteiger partial charge in [0.05, 0.1) is 10.6 Å². The summed E-state index contributed by atoms with van der Waals surface area (Å²) in [5.74, 6) is 1.07. The van der Waals surface area contributed by atoms with E-state index in [0.717, 1.165) is 17.4 Å². The normalized spacial score (nSPS) is 16.8. The first-order valence-electron chi connectivity index (χ1n) is 9.23. The van der Waals surface area contributed by atoms with Gasteiger partial charge in [-0.2, -0.15) is 0 Å². The Morgan fingerprint density at radius 1 is 1.00 bits per heavy atom. The number of pyridine rings is 1. The van der Waals surface area contributed by atoms with Gasteiger partial charge in [-0.3, -0.25) is 0 Å². The first kappa shape index (κ1) is 17.2. The standard InChI is InChI=1S/C20H24ClN3S/c21-16-8-9-18-17(15-16)24(20-19(25-18)7-6-10-22-20)14-3-1-2-11-23-12-4-5-13-23/h6-10,15H,1-5,11-14H2. The Kier molecular flexibility index (Phi) is 5.49. The largest absolute Gasteiger partial charge is 0.324 e. The fourth-order valence-electron chi connectivity index (χ4n) is 3.70. The van der Waals surface area contributed by atoms with E-state index in [2.05, 4.69) is 33.0 Å². The molecule has 2 aliphatic rings. The van der Waals surface area contributed by atoms with E-state index < -0.39 is 0 Å². The average Bonchev–Trinajstić information content (AvgIpc) is 3.14. The molecule has 4 rings (SSSR count). The second-order valence-electron chi connectivity index (χ2n) is 6.80. The Labute approximate surface area is 159 Å². The molecule has 1 aromatic carbocycles. The lowest BCUT2D eigenvalue weighted by Crippen LogP contribution is -2.24. The second-order valence-corrected chi connectivity index (χ2v) is 8.32. The van der Waals surface area contributed by atoms with Crippen LogP contribution in [0.25, 0.3) is 0 Å². The molecule has 3 heterocycles. The molecule has 0 saturated carbocycles. The number of hydrogen-bond acceptors (Lipinski definition) is 4. The van der Waals surface area contributed by atoms with Crippen molar-refractivity contribution in [3.63, 3.8) is 0 Å². The van der Waals surface area contributed by atoms with Crippen LogP contribution in [0.3, 0.4) is 0 Å². The SMILES string of the molecule is Clc1ccc2c(c1)N(CCCCCN1CCCC1)c1ncccc1S2. The number of likely N-dealkylation sites (tertiary alicyclic amines) is 1. The van der Waals surface area contributed by atoms with Crippen LogP contribution in [0.15, 0.2) is 46.3 Å². The number of hydrogen-bond donors (Lipinski definition) is 0. The number of fused-ring (bicyclic) bond motifs is 2. The maximum absolute atomic E-state index is 6.26. The van der Waals surface area contributed by atoms with Crippen LogP contribution in [-0.4, -0.2) is 36.1 Å². The van der Waals surface area contributed by atoms with Crippen LogP contribution in [-0.2, 0) is 0 Å². The molecule has 25 heavy (non-hydrogen) atoms. The molecule has 0 bridgehead atoms. The van der Waals surface area contributed by atoms with Gasteiger partial charge in [0.2, 0.25) is 0 Å². The minimum absolute atomic E-state index is 0.790. The molecule has 0 aliphatic carbocycles. The zero-order chi connectivity index (χ0) is 17.1. The zero-order valence-electron chi connectivity index (χ0n) is 14.5. The number of anilines is 2. The third kappa shape index (κ3) is 3.97. The van der Waals surface area contributed by atoms with Crippen molar-refractivity contribution in [1.29, 1.82) is 0 Å². The van der Waals surface area contributed by atoms with Crippen molar-refractivity contribution in [3.05, 3.63) is 41.6 Å². The molecule has 5 heteroatoms. The van der Waals surface area contributed by atoms with Gasteiger partial charge in [0.25, 0.3) is 0 Å². The summed E-state index contributed by atoms with van der Waals surface area (Å²) in [7, 11) is 0. The Hall–Kier alpha value is -1.23. The summed E-state index contributed by atoms with van der Waals surface area (Å²) >= 11 is 8.05. The predicted molar refractivity (Wildman–Crippen MR) is 106 cm³/mol. The van der Waals surface area contributed by atoms with Crippen LogP contribution < -0.4 is 4.90 Å². The van der Waals surface area contributed by atoms with Gasteiger partial charge in [0.15, 0.2) is 0 Å². The van der Waals surface area contributed by atoms with E-state index in [1.807, 2.05) is 18.3 Å². The van der Waals surface area contributed by atoms with Crippen molar-refractivity contribution < 1.29 is 0 Å². The monoisotopic (exact) mass is 373 g/mol. The van der Waals surface area contributed by atoms with E-state index in [0.29, 0.717) is 0 Å². The van der Waals surface area contributed by atoms with Gasteiger partial charge in [0.1, 0.15) is 5.82 Å². The lowest BCUT2D eigenvalue weighted by atomic mass is 10.2. The zero-order valence-corrected chi connectivity index (χ0v) is 16.0. The lowest BCUT2D eigenvalue weighted by Gasteiger charge is -2.31.